The predicted octanol–water partition coefficient (Wildman–Crippen LogP) is 3.15. The molecule has 1 aliphatic rings. The molecule has 27 heavy (non-hydrogen) atoms. The van der Waals surface area contributed by atoms with Crippen molar-refractivity contribution < 1.29 is 18.7 Å². The number of amides is 2. The Bertz CT molecular complexity index is 834. The summed E-state index contributed by atoms with van der Waals surface area (Å²) in [7, 11) is 0. The molecule has 0 unspecified atom stereocenters. The van der Waals surface area contributed by atoms with Gasteiger partial charge in [-0.15, -0.1) is 0 Å². The fourth-order valence-corrected chi connectivity index (χ4v) is 3.01. The van der Waals surface area contributed by atoms with Gasteiger partial charge in [0.05, 0.1) is 5.02 Å². The molecular weight excluding hydrogens is 371 g/mol. The van der Waals surface area contributed by atoms with E-state index < -0.39 is 5.82 Å². The van der Waals surface area contributed by atoms with E-state index in [4.69, 9.17) is 16.3 Å². The molecule has 142 valence electrons. The Kier molecular flexibility index (Phi) is 5.96. The number of carbonyl (C=O) groups excluding carboxylic acids is 2. The van der Waals surface area contributed by atoms with Crippen molar-refractivity contribution in [2.45, 2.75) is 6.92 Å². The van der Waals surface area contributed by atoms with Crippen LogP contribution in [0.4, 0.5) is 4.39 Å². The molecule has 0 aromatic heterocycles. The molecule has 0 atom stereocenters. The Morgan fingerprint density at radius 1 is 1.04 bits per heavy atom. The minimum absolute atomic E-state index is 0.0284. The molecular formula is C20H20ClFN2O3. The quantitative estimate of drug-likeness (QED) is 0.805. The van der Waals surface area contributed by atoms with Crippen LogP contribution >= 0.6 is 11.6 Å². The van der Waals surface area contributed by atoms with Crippen LogP contribution in [-0.4, -0.2) is 54.4 Å². The average Bonchev–Trinajstić information content (AvgIpc) is 2.69. The lowest BCUT2D eigenvalue weighted by Crippen LogP contribution is -2.51. The minimum Gasteiger partial charge on any atom is -0.484 e. The van der Waals surface area contributed by atoms with Gasteiger partial charge in [-0.25, -0.2) is 4.39 Å². The van der Waals surface area contributed by atoms with Crippen molar-refractivity contribution in [1.29, 1.82) is 0 Å². The van der Waals surface area contributed by atoms with Gasteiger partial charge in [0.25, 0.3) is 11.8 Å². The van der Waals surface area contributed by atoms with Gasteiger partial charge < -0.3 is 14.5 Å². The number of carbonyl (C=O) groups is 2. The Morgan fingerprint density at radius 3 is 2.30 bits per heavy atom. The standard InChI is InChI=1S/C20H20ClFN2O3/c1-14-2-4-15(5-3-14)20(26)24-10-8-23(9-11-24)19(25)13-27-16-6-7-18(22)17(21)12-16/h2-7,12H,8-11,13H2,1H3. The van der Waals surface area contributed by atoms with Gasteiger partial charge in [-0.1, -0.05) is 29.3 Å². The molecule has 1 aliphatic heterocycles. The van der Waals surface area contributed by atoms with E-state index in [1.165, 1.54) is 18.2 Å². The molecule has 0 N–H and O–H groups in total. The first kappa shape index (κ1) is 19.2. The smallest absolute Gasteiger partial charge is 0.260 e. The minimum atomic E-state index is -0.537. The van der Waals surface area contributed by atoms with Gasteiger partial charge in [-0.3, -0.25) is 9.59 Å². The number of aryl methyl sites for hydroxylation is 1. The topological polar surface area (TPSA) is 49.9 Å². The Morgan fingerprint density at radius 2 is 1.67 bits per heavy atom. The van der Waals surface area contributed by atoms with Crippen LogP contribution in [0.3, 0.4) is 0 Å². The van der Waals surface area contributed by atoms with Crippen molar-refractivity contribution in [3.05, 3.63) is 64.4 Å². The summed E-state index contributed by atoms with van der Waals surface area (Å²) in [5, 5.41) is -0.0526. The first-order valence-electron chi connectivity index (χ1n) is 8.65. The van der Waals surface area contributed by atoms with E-state index >= 15 is 0 Å². The SMILES string of the molecule is Cc1ccc(C(=O)N2CCN(C(=O)COc3ccc(F)c(Cl)c3)CC2)cc1. The highest BCUT2D eigenvalue weighted by Crippen LogP contribution is 2.21. The molecule has 7 heteroatoms. The Labute approximate surface area is 162 Å². The van der Waals surface area contributed by atoms with Gasteiger partial charge in [0.1, 0.15) is 11.6 Å². The van der Waals surface area contributed by atoms with Gasteiger partial charge >= 0.3 is 0 Å². The molecule has 2 aromatic rings. The highest BCUT2D eigenvalue weighted by Gasteiger charge is 2.25. The van der Waals surface area contributed by atoms with E-state index in [1.54, 1.807) is 9.80 Å². The van der Waals surface area contributed by atoms with Crippen LogP contribution in [0.1, 0.15) is 15.9 Å². The van der Waals surface area contributed by atoms with E-state index in [1.807, 2.05) is 31.2 Å². The van der Waals surface area contributed by atoms with Gasteiger partial charge in [0.2, 0.25) is 0 Å². The second kappa shape index (κ2) is 8.39. The molecule has 1 fully saturated rings. The molecule has 0 saturated carbocycles. The van der Waals surface area contributed by atoms with Crippen LogP contribution in [0.2, 0.25) is 5.02 Å². The van der Waals surface area contributed by atoms with E-state index in [2.05, 4.69) is 0 Å². The maximum atomic E-state index is 13.1. The Balaban J connectivity index is 1.49. The first-order chi connectivity index (χ1) is 12.9. The summed E-state index contributed by atoms with van der Waals surface area (Å²) in [6.45, 7) is 3.66. The van der Waals surface area contributed by atoms with Crippen molar-refractivity contribution >= 4 is 23.4 Å². The molecule has 5 nitrogen and oxygen atoms in total. The number of nitrogens with zero attached hydrogens (tertiary/aromatic N) is 2. The molecule has 3 rings (SSSR count). The second-order valence-corrected chi connectivity index (χ2v) is 6.81. The monoisotopic (exact) mass is 390 g/mol. The summed E-state index contributed by atoms with van der Waals surface area (Å²) in [5.74, 6) is -0.412. The zero-order valence-corrected chi connectivity index (χ0v) is 15.7. The van der Waals surface area contributed by atoms with E-state index in [9.17, 15) is 14.0 Å². The molecule has 0 aliphatic carbocycles. The lowest BCUT2D eigenvalue weighted by Gasteiger charge is -2.34. The third-order valence-corrected chi connectivity index (χ3v) is 4.76. The van der Waals surface area contributed by atoms with Gasteiger partial charge in [-0.05, 0) is 31.2 Å². The fraction of sp³-hybridized carbons (Fsp3) is 0.300. The third kappa shape index (κ3) is 4.77. The number of halogens is 2. The zero-order chi connectivity index (χ0) is 19.4. The zero-order valence-electron chi connectivity index (χ0n) is 15.0. The summed E-state index contributed by atoms with van der Waals surface area (Å²) in [5.41, 5.74) is 1.75. The molecule has 1 heterocycles. The second-order valence-electron chi connectivity index (χ2n) is 6.40. The molecule has 2 amide bonds. The molecule has 1 saturated heterocycles. The van der Waals surface area contributed by atoms with Crippen molar-refractivity contribution in [2.75, 3.05) is 32.8 Å². The summed E-state index contributed by atoms with van der Waals surface area (Å²) in [6.07, 6.45) is 0. The summed E-state index contributed by atoms with van der Waals surface area (Å²) in [6, 6.07) is 11.4. The fourth-order valence-electron chi connectivity index (χ4n) is 2.84. The number of hydrogen-bond donors (Lipinski definition) is 0. The van der Waals surface area contributed by atoms with Crippen LogP contribution < -0.4 is 4.74 Å². The highest BCUT2D eigenvalue weighted by atomic mass is 35.5. The number of hydrogen-bond acceptors (Lipinski definition) is 3. The van der Waals surface area contributed by atoms with Crippen LogP contribution in [0, 0.1) is 12.7 Å². The van der Waals surface area contributed by atoms with Crippen LogP contribution in [-0.2, 0) is 4.79 Å². The third-order valence-electron chi connectivity index (χ3n) is 4.47. The summed E-state index contributed by atoms with van der Waals surface area (Å²) in [4.78, 5) is 28.2. The van der Waals surface area contributed by atoms with E-state index in [0.29, 0.717) is 37.5 Å². The summed E-state index contributed by atoms with van der Waals surface area (Å²) >= 11 is 5.69. The van der Waals surface area contributed by atoms with Gasteiger partial charge in [0, 0.05) is 37.8 Å². The molecule has 0 radical (unpaired) electrons. The van der Waals surface area contributed by atoms with Gasteiger partial charge in [-0.2, -0.15) is 0 Å². The summed E-state index contributed by atoms with van der Waals surface area (Å²) < 4.78 is 18.5. The normalized spacial score (nSPS) is 14.2. The van der Waals surface area contributed by atoms with E-state index in [0.717, 1.165) is 5.56 Å². The molecule has 0 spiro atoms. The first-order valence-corrected chi connectivity index (χ1v) is 9.03. The molecule has 2 aromatic carbocycles. The number of rotatable bonds is 4. The van der Waals surface area contributed by atoms with Crippen LogP contribution in [0.15, 0.2) is 42.5 Å². The lowest BCUT2D eigenvalue weighted by atomic mass is 10.1. The molecule has 0 bridgehead atoms. The van der Waals surface area contributed by atoms with Crippen LogP contribution in [0.25, 0.3) is 0 Å². The van der Waals surface area contributed by atoms with Gasteiger partial charge in [0.15, 0.2) is 6.61 Å². The van der Waals surface area contributed by atoms with Crippen molar-refractivity contribution in [2.24, 2.45) is 0 Å². The largest absolute Gasteiger partial charge is 0.484 e. The Hall–Kier alpha value is -2.60. The average molecular weight is 391 g/mol. The van der Waals surface area contributed by atoms with Crippen molar-refractivity contribution in [3.8, 4) is 5.75 Å². The number of benzene rings is 2. The highest BCUT2D eigenvalue weighted by molar-refractivity contribution is 6.30. The predicted molar refractivity (Wildman–Crippen MR) is 101 cm³/mol. The van der Waals surface area contributed by atoms with Crippen LogP contribution in [0.5, 0.6) is 5.75 Å². The van der Waals surface area contributed by atoms with E-state index in [-0.39, 0.29) is 23.4 Å². The maximum Gasteiger partial charge on any atom is 0.260 e. The maximum absolute atomic E-state index is 13.1. The lowest BCUT2D eigenvalue weighted by molar-refractivity contribution is -0.134. The van der Waals surface area contributed by atoms with Crippen molar-refractivity contribution in [1.82, 2.24) is 9.80 Å². The number of piperazine rings is 1. The van der Waals surface area contributed by atoms with Crippen molar-refractivity contribution in [3.63, 3.8) is 0 Å². The number of ether oxygens (including phenoxy) is 1.